The summed E-state index contributed by atoms with van der Waals surface area (Å²) in [6.07, 6.45) is 5.34. The Labute approximate surface area is 141 Å². The normalized spacial score (nSPS) is 16.9. The van der Waals surface area contributed by atoms with Gasteiger partial charge < -0.3 is 15.6 Å². The van der Waals surface area contributed by atoms with Gasteiger partial charge in [-0.2, -0.15) is 0 Å². The van der Waals surface area contributed by atoms with Gasteiger partial charge in [-0.05, 0) is 31.0 Å². The van der Waals surface area contributed by atoms with Crippen molar-refractivity contribution < 1.29 is 9.59 Å². The molecule has 1 fully saturated rings. The van der Waals surface area contributed by atoms with Crippen LogP contribution in [0.5, 0.6) is 0 Å². The number of benzene rings is 1. The molecule has 2 heterocycles. The van der Waals surface area contributed by atoms with Crippen LogP contribution in [0.2, 0.25) is 0 Å². The van der Waals surface area contributed by atoms with Crippen LogP contribution in [0.3, 0.4) is 0 Å². The number of hydrogen-bond acceptors (Lipinski definition) is 3. The molecular formula is C17H20ClN3O2. The topological polar surface area (TPSA) is 79.2 Å². The van der Waals surface area contributed by atoms with Gasteiger partial charge in [-0.1, -0.05) is 12.1 Å². The summed E-state index contributed by atoms with van der Waals surface area (Å²) in [6, 6.07) is 8.71. The fraction of sp³-hybridized carbons (Fsp3) is 0.294. The van der Waals surface area contributed by atoms with Crippen molar-refractivity contribution in [1.29, 1.82) is 0 Å². The fourth-order valence-electron chi connectivity index (χ4n) is 2.91. The number of H-pyrrole nitrogens is 1. The van der Waals surface area contributed by atoms with Gasteiger partial charge in [-0.25, -0.2) is 0 Å². The van der Waals surface area contributed by atoms with Crippen LogP contribution in [-0.2, 0) is 0 Å². The maximum absolute atomic E-state index is 12.5. The van der Waals surface area contributed by atoms with E-state index in [0.717, 1.165) is 19.4 Å². The van der Waals surface area contributed by atoms with E-state index in [-0.39, 0.29) is 30.1 Å². The van der Waals surface area contributed by atoms with E-state index in [4.69, 9.17) is 5.73 Å². The second-order valence-electron chi connectivity index (χ2n) is 5.54. The molecule has 1 atom stereocenters. The number of nitrogens with zero attached hydrogens (tertiary/aromatic N) is 1. The highest BCUT2D eigenvalue weighted by atomic mass is 35.5. The molecule has 1 amide bonds. The van der Waals surface area contributed by atoms with E-state index in [1.165, 1.54) is 0 Å². The molecule has 0 radical (unpaired) electrons. The number of nitrogens with two attached hydrogens (primary N) is 1. The lowest BCUT2D eigenvalue weighted by Crippen LogP contribution is -2.39. The van der Waals surface area contributed by atoms with Crippen molar-refractivity contribution in [3.63, 3.8) is 0 Å². The van der Waals surface area contributed by atoms with Crippen molar-refractivity contribution in [2.45, 2.75) is 18.9 Å². The molecule has 23 heavy (non-hydrogen) atoms. The van der Waals surface area contributed by atoms with E-state index >= 15 is 0 Å². The van der Waals surface area contributed by atoms with Crippen molar-refractivity contribution in [1.82, 2.24) is 9.88 Å². The van der Waals surface area contributed by atoms with Crippen LogP contribution in [0, 0.1) is 0 Å². The van der Waals surface area contributed by atoms with Gasteiger partial charge >= 0.3 is 0 Å². The van der Waals surface area contributed by atoms with Crippen LogP contribution in [0.15, 0.2) is 42.7 Å². The lowest BCUT2D eigenvalue weighted by Gasteiger charge is -2.23. The predicted octanol–water partition coefficient (Wildman–Crippen LogP) is 2.23. The number of halogens is 1. The Balaban J connectivity index is 0.00000192. The molecule has 6 heteroatoms. The van der Waals surface area contributed by atoms with Crippen molar-refractivity contribution in [2.24, 2.45) is 5.73 Å². The Bertz CT molecular complexity index is 668. The highest BCUT2D eigenvalue weighted by molar-refractivity contribution is 6.09. The molecular weight excluding hydrogens is 314 g/mol. The second kappa shape index (κ2) is 7.44. The zero-order chi connectivity index (χ0) is 15.5. The van der Waals surface area contributed by atoms with Gasteiger partial charge in [0.05, 0.1) is 0 Å². The van der Waals surface area contributed by atoms with Crippen LogP contribution in [0.25, 0.3) is 0 Å². The number of aromatic nitrogens is 1. The molecule has 5 nitrogen and oxygen atoms in total. The van der Waals surface area contributed by atoms with Gasteiger partial charge in [-0.3, -0.25) is 9.59 Å². The molecule has 3 rings (SSSR count). The summed E-state index contributed by atoms with van der Waals surface area (Å²) in [4.78, 5) is 29.4. The van der Waals surface area contributed by atoms with Crippen LogP contribution < -0.4 is 5.73 Å². The highest BCUT2D eigenvalue weighted by Crippen LogP contribution is 2.20. The van der Waals surface area contributed by atoms with Gasteiger partial charge in [0.1, 0.15) is 0 Å². The first-order valence-electron chi connectivity index (χ1n) is 7.49. The summed E-state index contributed by atoms with van der Waals surface area (Å²) in [5.41, 5.74) is 7.51. The number of aromatic amines is 1. The monoisotopic (exact) mass is 333 g/mol. The van der Waals surface area contributed by atoms with Crippen LogP contribution in [0.4, 0.5) is 0 Å². The van der Waals surface area contributed by atoms with Gasteiger partial charge in [0.2, 0.25) is 0 Å². The lowest BCUT2D eigenvalue weighted by atomic mass is 10.0. The summed E-state index contributed by atoms with van der Waals surface area (Å²) in [7, 11) is 0. The predicted molar refractivity (Wildman–Crippen MR) is 91.0 cm³/mol. The number of carbonyl (C=O) groups excluding carboxylic acids is 2. The van der Waals surface area contributed by atoms with E-state index < -0.39 is 0 Å². The summed E-state index contributed by atoms with van der Waals surface area (Å²) < 4.78 is 0. The Morgan fingerprint density at radius 3 is 2.43 bits per heavy atom. The summed E-state index contributed by atoms with van der Waals surface area (Å²) in [5.74, 6) is -0.0603. The molecule has 0 bridgehead atoms. The average Bonchev–Trinajstić information content (AvgIpc) is 3.24. The third-order valence-electron chi connectivity index (χ3n) is 4.16. The standard InChI is InChI=1S/C17H19N3O2.ClH/c18-10-15-2-1-9-20(15)17(22)13-5-3-12(4-6-13)16(21)14-7-8-19-11-14;/h3-8,11,15,19H,1-2,9-10,18H2;1H. The number of ketones is 1. The SMILES string of the molecule is Cl.NCC1CCCN1C(=O)c1ccc(C(=O)c2cc[nH]c2)cc1. The van der Waals surface area contributed by atoms with Crippen LogP contribution in [0.1, 0.15) is 39.1 Å². The molecule has 1 unspecified atom stereocenters. The summed E-state index contributed by atoms with van der Waals surface area (Å²) in [6.45, 7) is 1.25. The van der Waals surface area contributed by atoms with Crippen LogP contribution in [-0.4, -0.2) is 40.7 Å². The number of nitrogens with one attached hydrogen (secondary N) is 1. The molecule has 1 saturated heterocycles. The van der Waals surface area contributed by atoms with Gasteiger partial charge in [0.15, 0.2) is 5.78 Å². The van der Waals surface area contributed by atoms with E-state index in [1.807, 2.05) is 4.90 Å². The number of carbonyl (C=O) groups is 2. The zero-order valence-corrected chi connectivity index (χ0v) is 13.5. The Morgan fingerprint density at radius 2 is 1.83 bits per heavy atom. The molecule has 0 saturated carbocycles. The minimum absolute atomic E-state index is 0. The Hall–Kier alpha value is -2.11. The molecule has 1 aliphatic rings. The maximum Gasteiger partial charge on any atom is 0.254 e. The smallest absolute Gasteiger partial charge is 0.254 e. The van der Waals surface area contributed by atoms with Gasteiger partial charge in [-0.15, -0.1) is 12.4 Å². The van der Waals surface area contributed by atoms with E-state index in [9.17, 15) is 9.59 Å². The Morgan fingerprint density at radius 1 is 1.13 bits per heavy atom. The van der Waals surface area contributed by atoms with E-state index in [0.29, 0.717) is 23.2 Å². The molecule has 2 aromatic rings. The first-order chi connectivity index (χ1) is 10.7. The third-order valence-corrected chi connectivity index (χ3v) is 4.16. The minimum Gasteiger partial charge on any atom is -0.367 e. The molecule has 0 aliphatic carbocycles. The van der Waals surface area contributed by atoms with Gasteiger partial charge in [0.25, 0.3) is 5.91 Å². The third kappa shape index (κ3) is 3.46. The second-order valence-corrected chi connectivity index (χ2v) is 5.54. The number of hydrogen-bond donors (Lipinski definition) is 2. The number of amides is 1. The highest BCUT2D eigenvalue weighted by Gasteiger charge is 2.28. The minimum atomic E-state index is -0.0544. The number of rotatable bonds is 4. The molecule has 122 valence electrons. The average molecular weight is 334 g/mol. The number of likely N-dealkylation sites (tertiary alicyclic amines) is 1. The Kier molecular flexibility index (Phi) is 5.58. The van der Waals surface area contributed by atoms with Crippen LogP contribution >= 0.6 is 12.4 Å². The van der Waals surface area contributed by atoms with Crippen molar-refractivity contribution in [3.05, 3.63) is 59.4 Å². The molecule has 1 aromatic heterocycles. The zero-order valence-electron chi connectivity index (χ0n) is 12.7. The molecule has 0 spiro atoms. The van der Waals surface area contributed by atoms with E-state index in [2.05, 4.69) is 4.98 Å². The van der Waals surface area contributed by atoms with Crippen molar-refractivity contribution in [2.75, 3.05) is 13.1 Å². The van der Waals surface area contributed by atoms with Crippen molar-refractivity contribution in [3.8, 4) is 0 Å². The van der Waals surface area contributed by atoms with Gasteiger partial charge in [0, 0.05) is 48.2 Å². The summed E-state index contributed by atoms with van der Waals surface area (Å²) >= 11 is 0. The molecule has 1 aromatic carbocycles. The van der Waals surface area contributed by atoms with Crippen molar-refractivity contribution >= 4 is 24.1 Å². The molecule has 1 aliphatic heterocycles. The van der Waals surface area contributed by atoms with E-state index in [1.54, 1.807) is 42.7 Å². The lowest BCUT2D eigenvalue weighted by molar-refractivity contribution is 0.0741. The maximum atomic E-state index is 12.5. The first kappa shape index (κ1) is 17.2. The summed E-state index contributed by atoms with van der Waals surface area (Å²) in [5, 5.41) is 0. The fourth-order valence-corrected chi connectivity index (χ4v) is 2.91. The molecule has 3 N–H and O–H groups in total. The first-order valence-corrected chi connectivity index (χ1v) is 7.49. The largest absolute Gasteiger partial charge is 0.367 e. The quantitative estimate of drug-likeness (QED) is 0.842.